The lowest BCUT2D eigenvalue weighted by atomic mass is 9.97. The van der Waals surface area contributed by atoms with E-state index in [0.29, 0.717) is 43.7 Å². The van der Waals surface area contributed by atoms with Gasteiger partial charge in [-0.05, 0) is 36.6 Å². The maximum Gasteiger partial charge on any atom is 0.244 e. The highest BCUT2D eigenvalue weighted by Gasteiger charge is 2.29. The highest BCUT2D eigenvalue weighted by atomic mass is 32.2. The number of aromatic nitrogens is 3. The number of ether oxygens (including phenoxy) is 1. The van der Waals surface area contributed by atoms with Crippen LogP contribution in [0.1, 0.15) is 26.2 Å². The van der Waals surface area contributed by atoms with Crippen molar-refractivity contribution in [1.82, 2.24) is 25.0 Å². The molecule has 0 aliphatic carbocycles. The van der Waals surface area contributed by atoms with Gasteiger partial charge in [-0.25, -0.2) is 12.7 Å². The lowest BCUT2D eigenvalue weighted by Crippen LogP contribution is -2.46. The second kappa shape index (κ2) is 8.78. The Morgan fingerprint density at radius 1 is 1.29 bits per heavy atom. The second-order valence-corrected chi connectivity index (χ2v) is 8.96. The van der Waals surface area contributed by atoms with Gasteiger partial charge in [0.15, 0.2) is 0 Å². The van der Waals surface area contributed by atoms with Gasteiger partial charge in [0.1, 0.15) is 12.1 Å². The van der Waals surface area contributed by atoms with Crippen LogP contribution in [-0.4, -0.2) is 66.0 Å². The van der Waals surface area contributed by atoms with Crippen molar-refractivity contribution in [3.8, 4) is 5.88 Å². The van der Waals surface area contributed by atoms with Crippen LogP contribution in [0.3, 0.4) is 0 Å². The first-order chi connectivity index (χ1) is 13.4. The number of benzene rings is 1. The standard InChI is InChI=1S/C18H25N5O4S/c1-3-14(12-27-18-15-6-4-5-7-16(15)20-22-21-18)19-17(24)13-8-10-23(11-9-13)28(2,25)26/h4-7,13-14H,3,8-12H2,1-2H3,(H,19,24). The lowest BCUT2D eigenvalue weighted by Gasteiger charge is -2.30. The summed E-state index contributed by atoms with van der Waals surface area (Å²) in [6.07, 6.45) is 2.95. The summed E-state index contributed by atoms with van der Waals surface area (Å²) >= 11 is 0. The molecule has 3 rings (SSSR count). The van der Waals surface area contributed by atoms with Crippen molar-refractivity contribution in [2.24, 2.45) is 5.92 Å². The highest BCUT2D eigenvalue weighted by molar-refractivity contribution is 7.88. The minimum absolute atomic E-state index is 0.0609. The molecule has 1 atom stereocenters. The molecule has 0 spiro atoms. The number of carbonyl (C=O) groups is 1. The third-order valence-corrected chi connectivity index (χ3v) is 6.28. The molecule has 1 saturated heterocycles. The van der Waals surface area contributed by atoms with Crippen molar-refractivity contribution >= 4 is 26.8 Å². The van der Waals surface area contributed by atoms with Gasteiger partial charge < -0.3 is 10.1 Å². The molecule has 1 fully saturated rings. The molecule has 1 amide bonds. The Kier molecular flexibility index (Phi) is 6.40. The Morgan fingerprint density at radius 3 is 2.68 bits per heavy atom. The van der Waals surface area contributed by atoms with Gasteiger partial charge in [0.05, 0.1) is 17.7 Å². The minimum atomic E-state index is -3.20. The van der Waals surface area contributed by atoms with Crippen LogP contribution >= 0.6 is 0 Å². The Hall–Kier alpha value is -2.33. The molecule has 1 aromatic carbocycles. The number of sulfonamides is 1. The minimum Gasteiger partial charge on any atom is -0.474 e. The fourth-order valence-corrected chi connectivity index (χ4v) is 4.10. The average molecular weight is 407 g/mol. The normalized spacial score (nSPS) is 17.4. The largest absolute Gasteiger partial charge is 0.474 e. The average Bonchev–Trinajstić information content (AvgIpc) is 2.70. The summed E-state index contributed by atoms with van der Waals surface area (Å²) in [6, 6.07) is 7.26. The van der Waals surface area contributed by atoms with Crippen molar-refractivity contribution in [1.29, 1.82) is 0 Å². The Balaban J connectivity index is 1.55. The monoisotopic (exact) mass is 407 g/mol. The van der Waals surface area contributed by atoms with Gasteiger partial charge in [-0.2, -0.15) is 0 Å². The van der Waals surface area contributed by atoms with E-state index < -0.39 is 10.0 Å². The van der Waals surface area contributed by atoms with Gasteiger partial charge in [0.25, 0.3) is 0 Å². The van der Waals surface area contributed by atoms with Gasteiger partial charge in [0.2, 0.25) is 21.8 Å². The summed E-state index contributed by atoms with van der Waals surface area (Å²) < 4.78 is 30.4. The molecule has 0 radical (unpaired) electrons. The van der Waals surface area contributed by atoms with Crippen LogP contribution in [-0.2, 0) is 14.8 Å². The van der Waals surface area contributed by atoms with Crippen molar-refractivity contribution in [3.63, 3.8) is 0 Å². The number of carbonyl (C=O) groups excluding carboxylic acids is 1. The molecule has 9 nitrogen and oxygen atoms in total. The van der Waals surface area contributed by atoms with Crippen LogP contribution in [0.5, 0.6) is 5.88 Å². The molecule has 0 bridgehead atoms. The number of fused-ring (bicyclic) bond motifs is 1. The fraction of sp³-hybridized carbons (Fsp3) is 0.556. The van der Waals surface area contributed by atoms with E-state index in [1.54, 1.807) is 0 Å². The summed E-state index contributed by atoms with van der Waals surface area (Å²) in [5.74, 6) is 0.141. The summed E-state index contributed by atoms with van der Waals surface area (Å²) in [6.45, 7) is 3.00. The molecule has 0 saturated carbocycles. The van der Waals surface area contributed by atoms with Crippen molar-refractivity contribution in [2.75, 3.05) is 26.0 Å². The Labute approximate surface area is 164 Å². The number of hydrogen-bond donors (Lipinski definition) is 1. The number of hydrogen-bond acceptors (Lipinski definition) is 7. The molecule has 1 aromatic heterocycles. The van der Waals surface area contributed by atoms with Crippen LogP contribution in [0.15, 0.2) is 24.3 Å². The molecule has 1 aliphatic rings. The number of nitrogens with one attached hydrogen (secondary N) is 1. The van der Waals surface area contributed by atoms with E-state index in [0.717, 1.165) is 5.39 Å². The van der Waals surface area contributed by atoms with E-state index in [2.05, 4.69) is 20.7 Å². The molecule has 152 valence electrons. The zero-order valence-corrected chi connectivity index (χ0v) is 16.9. The number of nitrogens with zero attached hydrogens (tertiary/aromatic N) is 4. The Bertz CT molecular complexity index is 923. The lowest BCUT2D eigenvalue weighted by molar-refractivity contribution is -0.127. The Morgan fingerprint density at radius 2 is 2.00 bits per heavy atom. The van der Waals surface area contributed by atoms with Crippen LogP contribution in [0.2, 0.25) is 0 Å². The van der Waals surface area contributed by atoms with Crippen LogP contribution in [0, 0.1) is 5.92 Å². The summed E-state index contributed by atoms with van der Waals surface area (Å²) in [5.41, 5.74) is 0.697. The molecule has 28 heavy (non-hydrogen) atoms. The molecular weight excluding hydrogens is 382 g/mol. The van der Waals surface area contributed by atoms with Crippen LogP contribution in [0.25, 0.3) is 10.9 Å². The summed E-state index contributed by atoms with van der Waals surface area (Å²) in [7, 11) is -3.20. The van der Waals surface area contributed by atoms with Crippen molar-refractivity contribution in [2.45, 2.75) is 32.2 Å². The third-order valence-electron chi connectivity index (χ3n) is 4.98. The predicted molar refractivity (Wildman–Crippen MR) is 104 cm³/mol. The molecule has 1 N–H and O–H groups in total. The molecule has 1 aliphatic heterocycles. The van der Waals surface area contributed by atoms with E-state index in [9.17, 15) is 13.2 Å². The van der Waals surface area contributed by atoms with E-state index in [-0.39, 0.29) is 24.5 Å². The van der Waals surface area contributed by atoms with Gasteiger partial charge in [-0.1, -0.05) is 24.2 Å². The number of piperidine rings is 1. The zero-order valence-electron chi connectivity index (χ0n) is 16.0. The SMILES string of the molecule is CCC(COc1nnnc2ccccc12)NC(=O)C1CCN(S(C)(=O)=O)CC1. The molecular formula is C18H25N5O4S. The molecule has 2 heterocycles. The number of amides is 1. The summed E-state index contributed by atoms with van der Waals surface area (Å²) in [4.78, 5) is 12.6. The van der Waals surface area contributed by atoms with Crippen LogP contribution < -0.4 is 10.1 Å². The molecule has 10 heteroatoms. The fourth-order valence-electron chi connectivity index (χ4n) is 3.22. The quantitative estimate of drug-likeness (QED) is 0.727. The second-order valence-electron chi connectivity index (χ2n) is 6.97. The van der Waals surface area contributed by atoms with Gasteiger partial charge in [-0.3, -0.25) is 4.79 Å². The van der Waals surface area contributed by atoms with Gasteiger partial charge in [0, 0.05) is 19.0 Å². The van der Waals surface area contributed by atoms with Gasteiger partial charge in [-0.15, -0.1) is 5.10 Å². The third kappa shape index (κ3) is 4.93. The van der Waals surface area contributed by atoms with Crippen molar-refractivity contribution < 1.29 is 17.9 Å². The first-order valence-corrected chi connectivity index (χ1v) is 11.2. The highest BCUT2D eigenvalue weighted by Crippen LogP contribution is 2.21. The molecule has 1 unspecified atom stereocenters. The van der Waals surface area contributed by atoms with Crippen LogP contribution in [0.4, 0.5) is 0 Å². The maximum atomic E-state index is 12.6. The number of rotatable bonds is 7. The summed E-state index contributed by atoms with van der Waals surface area (Å²) in [5, 5.41) is 15.4. The van der Waals surface area contributed by atoms with E-state index in [4.69, 9.17) is 4.74 Å². The first kappa shape index (κ1) is 20.4. The first-order valence-electron chi connectivity index (χ1n) is 9.35. The van der Waals surface area contributed by atoms with E-state index >= 15 is 0 Å². The smallest absolute Gasteiger partial charge is 0.244 e. The van der Waals surface area contributed by atoms with Crippen molar-refractivity contribution in [3.05, 3.63) is 24.3 Å². The molecule has 2 aromatic rings. The topological polar surface area (TPSA) is 114 Å². The van der Waals surface area contributed by atoms with E-state index in [1.807, 2.05) is 31.2 Å². The maximum absolute atomic E-state index is 12.6. The van der Waals surface area contributed by atoms with Gasteiger partial charge >= 0.3 is 0 Å². The predicted octanol–water partition coefficient (Wildman–Crippen LogP) is 0.970. The zero-order chi connectivity index (χ0) is 20.1. The van der Waals surface area contributed by atoms with E-state index in [1.165, 1.54) is 10.6 Å².